The first kappa shape index (κ1) is 15.9. The van der Waals surface area contributed by atoms with E-state index in [9.17, 15) is 13.2 Å². The number of nitrogens with zero attached hydrogens (tertiary/aromatic N) is 1. The van der Waals surface area contributed by atoms with Crippen LogP contribution in [0.2, 0.25) is 0 Å². The van der Waals surface area contributed by atoms with Crippen molar-refractivity contribution in [2.24, 2.45) is 0 Å². The highest BCUT2D eigenvalue weighted by atomic mass is 35.5. The predicted molar refractivity (Wildman–Crippen MR) is 72.3 cm³/mol. The maximum Gasteiger partial charge on any atom is 0.573 e. The summed E-state index contributed by atoms with van der Waals surface area (Å²) < 4.78 is 40.1. The number of hydrogen-bond acceptors (Lipinski definition) is 4. The fourth-order valence-electron chi connectivity index (χ4n) is 1.42. The van der Waals surface area contributed by atoms with Crippen LogP contribution in [0.4, 0.5) is 30.4 Å². The molecule has 0 aliphatic heterocycles. The largest absolute Gasteiger partial charge is 0.573 e. The highest BCUT2D eigenvalue weighted by molar-refractivity contribution is 5.85. The van der Waals surface area contributed by atoms with Crippen molar-refractivity contribution in [3.63, 3.8) is 0 Å². The average molecular weight is 306 g/mol. The third kappa shape index (κ3) is 4.85. The summed E-state index contributed by atoms with van der Waals surface area (Å²) in [7, 11) is 0. The van der Waals surface area contributed by atoms with Gasteiger partial charge in [-0.25, -0.2) is 4.98 Å². The molecule has 0 saturated carbocycles. The summed E-state index contributed by atoms with van der Waals surface area (Å²) in [6, 6.07) is 8.77. The van der Waals surface area contributed by atoms with Crippen molar-refractivity contribution >= 4 is 29.6 Å². The SMILES string of the molecule is Cl.Nc1ccc(Nc2cccc(OC(F)(F)F)c2)cn1. The van der Waals surface area contributed by atoms with E-state index in [1.54, 1.807) is 18.2 Å². The number of pyridine rings is 1. The monoisotopic (exact) mass is 305 g/mol. The first-order valence-electron chi connectivity index (χ1n) is 5.27. The zero-order valence-corrected chi connectivity index (χ0v) is 10.8. The lowest BCUT2D eigenvalue weighted by atomic mass is 10.3. The summed E-state index contributed by atoms with van der Waals surface area (Å²) in [5.41, 5.74) is 6.49. The van der Waals surface area contributed by atoms with Crippen molar-refractivity contribution in [2.45, 2.75) is 6.36 Å². The molecule has 20 heavy (non-hydrogen) atoms. The number of halogens is 4. The van der Waals surface area contributed by atoms with Crippen LogP contribution in [0.5, 0.6) is 5.75 Å². The van der Waals surface area contributed by atoms with Crippen LogP contribution in [0, 0.1) is 0 Å². The Balaban J connectivity index is 0.00000200. The van der Waals surface area contributed by atoms with E-state index in [2.05, 4.69) is 15.0 Å². The van der Waals surface area contributed by atoms with Gasteiger partial charge >= 0.3 is 6.36 Å². The first-order valence-corrected chi connectivity index (χ1v) is 5.27. The van der Waals surface area contributed by atoms with Crippen molar-refractivity contribution in [2.75, 3.05) is 11.1 Å². The Hall–Kier alpha value is -2.15. The van der Waals surface area contributed by atoms with Gasteiger partial charge in [0.2, 0.25) is 0 Å². The Morgan fingerprint density at radius 3 is 2.45 bits per heavy atom. The number of hydrogen-bond donors (Lipinski definition) is 2. The number of nitrogen functional groups attached to an aromatic ring is 1. The van der Waals surface area contributed by atoms with Crippen LogP contribution in [0.25, 0.3) is 0 Å². The van der Waals surface area contributed by atoms with Crippen LogP contribution >= 0.6 is 12.4 Å². The molecule has 8 heteroatoms. The summed E-state index contributed by atoms with van der Waals surface area (Å²) in [5, 5.41) is 2.89. The number of nitrogens with one attached hydrogen (secondary N) is 1. The van der Waals surface area contributed by atoms with Crippen molar-refractivity contribution in [3.05, 3.63) is 42.6 Å². The molecule has 0 aliphatic rings. The van der Waals surface area contributed by atoms with Crippen molar-refractivity contribution in [1.29, 1.82) is 0 Å². The van der Waals surface area contributed by atoms with E-state index in [1.807, 2.05) is 0 Å². The van der Waals surface area contributed by atoms with Crippen LogP contribution < -0.4 is 15.8 Å². The summed E-state index contributed by atoms with van der Waals surface area (Å²) >= 11 is 0. The van der Waals surface area contributed by atoms with Crippen molar-refractivity contribution < 1.29 is 17.9 Å². The molecule has 0 amide bonds. The van der Waals surface area contributed by atoms with E-state index in [0.717, 1.165) is 0 Å². The molecule has 2 aromatic rings. The summed E-state index contributed by atoms with van der Waals surface area (Å²) in [6.07, 6.45) is -3.23. The van der Waals surface area contributed by atoms with Crippen molar-refractivity contribution in [1.82, 2.24) is 4.98 Å². The zero-order chi connectivity index (χ0) is 13.9. The molecule has 0 unspecified atom stereocenters. The van der Waals surface area contributed by atoms with E-state index >= 15 is 0 Å². The highest BCUT2D eigenvalue weighted by Crippen LogP contribution is 2.26. The molecule has 1 aromatic heterocycles. The minimum atomic E-state index is -4.71. The zero-order valence-electron chi connectivity index (χ0n) is 10.0. The lowest BCUT2D eigenvalue weighted by Gasteiger charge is -2.11. The van der Waals surface area contributed by atoms with Crippen molar-refractivity contribution in [3.8, 4) is 5.75 Å². The number of aromatic nitrogens is 1. The van der Waals surface area contributed by atoms with E-state index in [4.69, 9.17) is 5.73 Å². The van der Waals surface area contributed by atoms with Gasteiger partial charge < -0.3 is 15.8 Å². The summed E-state index contributed by atoms with van der Waals surface area (Å²) in [6.45, 7) is 0. The number of ether oxygens (including phenoxy) is 1. The Kier molecular flexibility index (Phi) is 5.04. The summed E-state index contributed by atoms with van der Waals surface area (Å²) in [4.78, 5) is 3.86. The van der Waals surface area contributed by atoms with E-state index < -0.39 is 6.36 Å². The van der Waals surface area contributed by atoms with Gasteiger partial charge in [-0.15, -0.1) is 25.6 Å². The molecule has 0 saturated heterocycles. The fraction of sp³-hybridized carbons (Fsp3) is 0.0833. The lowest BCUT2D eigenvalue weighted by Crippen LogP contribution is -2.17. The molecule has 108 valence electrons. The van der Waals surface area contributed by atoms with Gasteiger partial charge in [-0.1, -0.05) is 6.07 Å². The Morgan fingerprint density at radius 1 is 1.10 bits per heavy atom. The van der Waals surface area contributed by atoms with E-state index in [-0.39, 0.29) is 18.2 Å². The van der Waals surface area contributed by atoms with Gasteiger partial charge in [0.1, 0.15) is 11.6 Å². The quantitative estimate of drug-likeness (QED) is 0.907. The minimum Gasteiger partial charge on any atom is -0.406 e. The topological polar surface area (TPSA) is 60.2 Å². The second-order valence-electron chi connectivity index (χ2n) is 3.67. The fourth-order valence-corrected chi connectivity index (χ4v) is 1.42. The predicted octanol–water partition coefficient (Wildman–Crippen LogP) is 3.73. The normalized spacial score (nSPS) is 10.6. The molecule has 1 aromatic carbocycles. The number of nitrogens with two attached hydrogens (primary N) is 1. The molecule has 0 atom stereocenters. The minimum absolute atomic E-state index is 0. The molecule has 0 bridgehead atoms. The van der Waals surface area contributed by atoms with Crippen LogP contribution in [-0.2, 0) is 0 Å². The highest BCUT2D eigenvalue weighted by Gasteiger charge is 2.31. The standard InChI is InChI=1S/C12H10F3N3O.ClH/c13-12(14,15)19-10-3-1-2-8(6-10)18-9-4-5-11(16)17-7-9;/h1-7,18H,(H2,16,17);1H. The molecule has 1 heterocycles. The summed E-state index contributed by atoms with van der Waals surface area (Å²) in [5.74, 6) is 0.0700. The number of benzene rings is 1. The molecule has 0 aliphatic carbocycles. The van der Waals surface area contributed by atoms with Gasteiger partial charge in [0.15, 0.2) is 0 Å². The lowest BCUT2D eigenvalue weighted by molar-refractivity contribution is -0.274. The van der Waals surface area contributed by atoms with Crippen LogP contribution in [0.1, 0.15) is 0 Å². The Labute approximate surface area is 119 Å². The average Bonchev–Trinajstić information content (AvgIpc) is 2.30. The van der Waals surface area contributed by atoms with Gasteiger partial charge in [-0.05, 0) is 24.3 Å². The van der Waals surface area contributed by atoms with Gasteiger partial charge in [0.05, 0.1) is 11.9 Å². The van der Waals surface area contributed by atoms with E-state index in [0.29, 0.717) is 17.2 Å². The second kappa shape index (κ2) is 6.33. The second-order valence-corrected chi connectivity index (χ2v) is 3.67. The van der Waals surface area contributed by atoms with Gasteiger partial charge in [0, 0.05) is 11.8 Å². The molecule has 0 fully saturated rings. The van der Waals surface area contributed by atoms with Gasteiger partial charge in [-0.2, -0.15) is 0 Å². The van der Waals surface area contributed by atoms with E-state index in [1.165, 1.54) is 24.4 Å². The molecule has 2 rings (SSSR count). The first-order chi connectivity index (χ1) is 8.92. The number of alkyl halides is 3. The Morgan fingerprint density at radius 2 is 1.85 bits per heavy atom. The number of anilines is 3. The molecular formula is C12H11ClF3N3O. The molecule has 4 nitrogen and oxygen atoms in total. The maximum atomic E-state index is 12.1. The van der Waals surface area contributed by atoms with Gasteiger partial charge in [0.25, 0.3) is 0 Å². The molecule has 3 N–H and O–H groups in total. The van der Waals surface area contributed by atoms with Crippen LogP contribution in [-0.4, -0.2) is 11.3 Å². The third-order valence-corrected chi connectivity index (χ3v) is 2.14. The van der Waals surface area contributed by atoms with Gasteiger partial charge in [-0.3, -0.25) is 0 Å². The molecule has 0 radical (unpaired) electrons. The smallest absolute Gasteiger partial charge is 0.406 e. The molecule has 0 spiro atoms. The number of rotatable bonds is 3. The van der Waals surface area contributed by atoms with Crippen LogP contribution in [0.3, 0.4) is 0 Å². The molecular weight excluding hydrogens is 295 g/mol. The third-order valence-electron chi connectivity index (χ3n) is 2.14. The Bertz CT molecular complexity index is 561. The maximum absolute atomic E-state index is 12.1. The van der Waals surface area contributed by atoms with Crippen LogP contribution in [0.15, 0.2) is 42.6 Å².